The summed E-state index contributed by atoms with van der Waals surface area (Å²) >= 11 is 0. The number of sulfone groups is 1. The summed E-state index contributed by atoms with van der Waals surface area (Å²) in [5.74, 6) is 4.96. The van der Waals surface area contributed by atoms with Gasteiger partial charge < -0.3 is 15.0 Å². The van der Waals surface area contributed by atoms with Gasteiger partial charge in [0.15, 0.2) is 9.84 Å². The second-order valence-electron chi connectivity index (χ2n) is 17.6. The van der Waals surface area contributed by atoms with Gasteiger partial charge in [-0.15, -0.1) is 0 Å². The minimum atomic E-state index is -2.81. The summed E-state index contributed by atoms with van der Waals surface area (Å²) in [4.78, 5) is 13.8. The quantitative estimate of drug-likeness (QED) is 0.323. The maximum atomic E-state index is 11.9. The smallest absolute Gasteiger partial charge is 0.152 e. The molecular weight excluding hydrogens is 564 g/mol. The fourth-order valence-electron chi connectivity index (χ4n) is 13.3. The maximum Gasteiger partial charge on any atom is 0.152 e. The van der Waals surface area contributed by atoms with Crippen molar-refractivity contribution in [3.8, 4) is 0 Å². The number of aldehydes is 1. The van der Waals surface area contributed by atoms with Crippen molar-refractivity contribution in [3.05, 3.63) is 23.3 Å². The SMILES string of the molecule is CC1(C)C(C2=CC[C@H](C=O)CC2)=CC[C@@]2(C)C1CC[C@@]1(C)C3CC[C@@]4(NCCN5CCS(=O)(=O)CC5)CCCC4[C@H]3CCC12. The van der Waals surface area contributed by atoms with Crippen molar-refractivity contribution in [2.75, 3.05) is 37.7 Å². The molecule has 6 heteroatoms. The van der Waals surface area contributed by atoms with Gasteiger partial charge in [0.2, 0.25) is 0 Å². The molecular formula is C38H60N2O3S. The van der Waals surface area contributed by atoms with Crippen LogP contribution in [-0.2, 0) is 14.6 Å². The minimum absolute atomic E-state index is 0.195. The summed E-state index contributed by atoms with van der Waals surface area (Å²) in [6.45, 7) is 14.0. The molecule has 4 unspecified atom stereocenters. The molecule has 7 aliphatic rings. The van der Waals surface area contributed by atoms with Gasteiger partial charge in [-0.05, 0) is 134 Å². The van der Waals surface area contributed by atoms with Crippen LogP contribution in [0.5, 0.6) is 0 Å². The predicted molar refractivity (Wildman–Crippen MR) is 179 cm³/mol. The average Bonchev–Trinajstić information content (AvgIpc) is 3.42. The molecule has 0 spiro atoms. The molecule has 1 heterocycles. The Hall–Kier alpha value is -0.980. The molecule has 0 aromatic rings. The van der Waals surface area contributed by atoms with Crippen LogP contribution in [0.25, 0.3) is 0 Å². The van der Waals surface area contributed by atoms with Gasteiger partial charge in [-0.1, -0.05) is 46.3 Å². The Balaban J connectivity index is 1.06. The summed E-state index contributed by atoms with van der Waals surface area (Å²) in [6, 6.07) is 0. The second-order valence-corrected chi connectivity index (χ2v) is 19.9. The van der Waals surface area contributed by atoms with Crippen molar-refractivity contribution in [3.63, 3.8) is 0 Å². The van der Waals surface area contributed by atoms with Crippen LogP contribution in [0.2, 0.25) is 0 Å². The van der Waals surface area contributed by atoms with E-state index in [4.69, 9.17) is 0 Å². The number of nitrogens with one attached hydrogen (secondary N) is 1. The lowest BCUT2D eigenvalue weighted by Gasteiger charge is -2.68. The first-order valence-electron chi connectivity index (χ1n) is 18.5. The van der Waals surface area contributed by atoms with E-state index in [1.807, 2.05) is 0 Å². The van der Waals surface area contributed by atoms with E-state index in [-0.39, 0.29) is 11.3 Å². The van der Waals surface area contributed by atoms with Crippen molar-refractivity contribution in [1.82, 2.24) is 10.2 Å². The highest BCUT2D eigenvalue weighted by Gasteiger charge is 2.65. The molecule has 0 aromatic heterocycles. The lowest BCUT2D eigenvalue weighted by molar-refractivity contribution is -0.175. The van der Waals surface area contributed by atoms with Crippen LogP contribution in [0.1, 0.15) is 111 Å². The Kier molecular flexibility index (Phi) is 8.13. The zero-order valence-corrected chi connectivity index (χ0v) is 29.0. The van der Waals surface area contributed by atoms with E-state index in [0.29, 0.717) is 41.0 Å². The third-order valence-corrected chi connectivity index (χ3v) is 17.0. The molecule has 0 aromatic carbocycles. The Bertz CT molecular complexity index is 1290. The highest BCUT2D eigenvalue weighted by Crippen LogP contribution is 2.72. The molecule has 5 fully saturated rings. The molecule has 4 saturated carbocycles. The van der Waals surface area contributed by atoms with Crippen LogP contribution in [-0.4, -0.2) is 62.8 Å². The molecule has 6 aliphatic carbocycles. The summed E-state index contributed by atoms with van der Waals surface area (Å²) < 4.78 is 23.8. The zero-order chi connectivity index (χ0) is 31.0. The highest BCUT2D eigenvalue weighted by molar-refractivity contribution is 7.91. The van der Waals surface area contributed by atoms with E-state index >= 15 is 0 Å². The molecule has 1 saturated heterocycles. The van der Waals surface area contributed by atoms with Gasteiger partial charge >= 0.3 is 0 Å². The van der Waals surface area contributed by atoms with Crippen LogP contribution < -0.4 is 5.32 Å². The Morgan fingerprint density at radius 2 is 1.68 bits per heavy atom. The van der Waals surface area contributed by atoms with Crippen LogP contribution in [0.3, 0.4) is 0 Å². The molecule has 1 N–H and O–H groups in total. The first-order valence-corrected chi connectivity index (χ1v) is 20.3. The van der Waals surface area contributed by atoms with Crippen molar-refractivity contribution in [1.29, 1.82) is 0 Å². The second kappa shape index (κ2) is 11.3. The Morgan fingerprint density at radius 3 is 2.41 bits per heavy atom. The van der Waals surface area contributed by atoms with E-state index in [9.17, 15) is 13.2 Å². The third kappa shape index (κ3) is 5.05. The number of carbonyl (C=O) groups excluding carboxylic acids is 1. The van der Waals surface area contributed by atoms with E-state index in [1.54, 1.807) is 11.1 Å². The summed E-state index contributed by atoms with van der Waals surface area (Å²) in [7, 11) is -2.81. The molecule has 9 atom stereocenters. The average molecular weight is 625 g/mol. The third-order valence-electron chi connectivity index (χ3n) is 15.4. The number of carbonyl (C=O) groups is 1. The van der Waals surface area contributed by atoms with Gasteiger partial charge in [-0.25, -0.2) is 8.42 Å². The minimum Gasteiger partial charge on any atom is -0.310 e. The van der Waals surface area contributed by atoms with Crippen molar-refractivity contribution >= 4 is 16.1 Å². The van der Waals surface area contributed by atoms with Crippen LogP contribution >= 0.6 is 0 Å². The topological polar surface area (TPSA) is 66.5 Å². The fraction of sp³-hybridized carbons (Fsp3) is 0.868. The zero-order valence-electron chi connectivity index (χ0n) is 28.2. The van der Waals surface area contributed by atoms with Crippen LogP contribution in [0.15, 0.2) is 23.3 Å². The monoisotopic (exact) mass is 624 g/mol. The lowest BCUT2D eigenvalue weighted by Crippen LogP contribution is -2.64. The Morgan fingerprint density at radius 1 is 0.886 bits per heavy atom. The van der Waals surface area contributed by atoms with E-state index in [0.717, 1.165) is 61.9 Å². The number of nitrogens with zero attached hydrogens (tertiary/aromatic N) is 1. The maximum absolute atomic E-state index is 11.9. The van der Waals surface area contributed by atoms with E-state index in [1.165, 1.54) is 70.5 Å². The van der Waals surface area contributed by atoms with Crippen molar-refractivity contribution < 1.29 is 13.2 Å². The number of hydrogen-bond acceptors (Lipinski definition) is 5. The van der Waals surface area contributed by atoms with Gasteiger partial charge in [0.05, 0.1) is 11.5 Å². The summed E-state index contributed by atoms with van der Waals surface area (Å²) in [5.41, 5.74) is 4.50. The molecule has 0 amide bonds. The lowest BCUT2D eigenvalue weighted by atomic mass is 9.37. The molecule has 44 heavy (non-hydrogen) atoms. The number of rotatable bonds is 6. The predicted octanol–water partition coefficient (Wildman–Crippen LogP) is 6.99. The van der Waals surface area contributed by atoms with Gasteiger partial charge in [-0.2, -0.15) is 0 Å². The molecule has 246 valence electrons. The van der Waals surface area contributed by atoms with E-state index < -0.39 is 9.84 Å². The molecule has 1 aliphatic heterocycles. The molecule has 0 bridgehead atoms. The van der Waals surface area contributed by atoms with Crippen molar-refractivity contribution in [2.45, 2.75) is 117 Å². The van der Waals surface area contributed by atoms with Gasteiger partial charge in [-0.3, -0.25) is 0 Å². The molecule has 0 radical (unpaired) electrons. The van der Waals surface area contributed by atoms with Crippen LogP contribution in [0.4, 0.5) is 0 Å². The van der Waals surface area contributed by atoms with Gasteiger partial charge in [0.1, 0.15) is 6.29 Å². The number of allylic oxidation sites excluding steroid dienone is 4. The van der Waals surface area contributed by atoms with E-state index in [2.05, 4.69) is 50.1 Å². The standard InChI is InChI=1S/C38H60N2O3S/c1-35(2)30(28-9-7-27(26-41)8-10-28)13-17-37(4)33(35)15-18-36(3)31-14-19-38(16-5-6-32(38)29(31)11-12-34(36)37)39-20-21-40-22-24-44(42,43)25-23-40/h9,13,26-27,29,31-34,39H,5-8,10-12,14-25H2,1-4H3/t27-,29-,31?,32?,33?,34?,36-,37-,38-/m0/s1. The van der Waals surface area contributed by atoms with Crippen molar-refractivity contribution in [2.24, 2.45) is 51.8 Å². The number of fused-ring (bicyclic) bond motifs is 7. The fourth-order valence-corrected chi connectivity index (χ4v) is 14.6. The van der Waals surface area contributed by atoms with Crippen LogP contribution in [0, 0.1) is 51.8 Å². The summed E-state index contributed by atoms with van der Waals surface area (Å²) in [6.07, 6.45) is 22.9. The molecule has 7 rings (SSSR count). The molecule has 5 nitrogen and oxygen atoms in total. The first kappa shape index (κ1) is 31.6. The summed E-state index contributed by atoms with van der Waals surface area (Å²) in [5, 5.41) is 4.17. The first-order chi connectivity index (χ1) is 20.9. The van der Waals surface area contributed by atoms with Gasteiger partial charge in [0.25, 0.3) is 0 Å². The highest BCUT2D eigenvalue weighted by atomic mass is 32.2. The normalized spacial score (nSPS) is 46.5. The van der Waals surface area contributed by atoms with Gasteiger partial charge in [0, 0.05) is 37.6 Å². The number of hydrogen-bond donors (Lipinski definition) is 1. The largest absolute Gasteiger partial charge is 0.310 e. The Labute approximate surface area is 268 Å².